The van der Waals surface area contributed by atoms with Gasteiger partial charge in [0.15, 0.2) is 0 Å². The van der Waals surface area contributed by atoms with Gasteiger partial charge in [0, 0.05) is 37.8 Å². The number of hydrogen-bond donors (Lipinski definition) is 1. The summed E-state index contributed by atoms with van der Waals surface area (Å²) in [5, 5.41) is 3.63. The van der Waals surface area contributed by atoms with Gasteiger partial charge in [0.25, 0.3) is 5.91 Å². The van der Waals surface area contributed by atoms with Gasteiger partial charge in [-0.05, 0) is 49.2 Å². The van der Waals surface area contributed by atoms with Crippen molar-refractivity contribution < 1.29 is 9.59 Å². The monoisotopic (exact) mass is 385 g/mol. The first kappa shape index (κ1) is 19.2. The third-order valence-electron chi connectivity index (χ3n) is 4.81. The average molecular weight is 386 g/mol. The molecule has 1 aliphatic heterocycles. The molecule has 2 amide bonds. The summed E-state index contributed by atoms with van der Waals surface area (Å²) in [5.41, 5.74) is 2.34. The molecule has 1 unspecified atom stereocenters. The van der Waals surface area contributed by atoms with E-state index in [1.165, 1.54) is 0 Å². The number of nitrogens with zero attached hydrogens (tertiary/aromatic N) is 2. The fourth-order valence-electron chi connectivity index (χ4n) is 3.35. The molecule has 142 valence electrons. The summed E-state index contributed by atoms with van der Waals surface area (Å²) in [6, 6.07) is 14.6. The number of carbonyl (C=O) groups is 2. The molecule has 0 aliphatic carbocycles. The van der Waals surface area contributed by atoms with Crippen LogP contribution in [0.5, 0.6) is 0 Å². The van der Waals surface area contributed by atoms with Gasteiger partial charge in [-0.15, -0.1) is 0 Å². The summed E-state index contributed by atoms with van der Waals surface area (Å²) < 4.78 is 0. The highest BCUT2D eigenvalue weighted by molar-refractivity contribution is 6.30. The van der Waals surface area contributed by atoms with E-state index in [0.717, 1.165) is 24.2 Å². The predicted molar refractivity (Wildman–Crippen MR) is 109 cm³/mol. The van der Waals surface area contributed by atoms with Crippen LogP contribution in [0.25, 0.3) is 0 Å². The lowest BCUT2D eigenvalue weighted by atomic mass is 9.96. The molecule has 0 spiro atoms. The van der Waals surface area contributed by atoms with E-state index in [-0.39, 0.29) is 17.7 Å². The zero-order valence-corrected chi connectivity index (χ0v) is 16.4. The molecular weight excluding hydrogens is 362 g/mol. The fourth-order valence-corrected chi connectivity index (χ4v) is 3.48. The van der Waals surface area contributed by atoms with Crippen LogP contribution in [-0.4, -0.2) is 43.9 Å². The number of halogens is 1. The second kappa shape index (κ2) is 8.44. The Morgan fingerprint density at radius 1 is 1.11 bits per heavy atom. The Morgan fingerprint density at radius 2 is 1.81 bits per heavy atom. The highest BCUT2D eigenvalue weighted by Gasteiger charge is 2.29. The van der Waals surface area contributed by atoms with E-state index in [2.05, 4.69) is 5.32 Å². The molecule has 1 fully saturated rings. The molecule has 1 heterocycles. The van der Waals surface area contributed by atoms with E-state index in [9.17, 15) is 9.59 Å². The molecule has 0 saturated carbocycles. The van der Waals surface area contributed by atoms with Gasteiger partial charge in [0.05, 0.1) is 17.3 Å². The van der Waals surface area contributed by atoms with Gasteiger partial charge in [-0.3, -0.25) is 9.59 Å². The zero-order valence-electron chi connectivity index (χ0n) is 15.6. The Balaban J connectivity index is 1.68. The lowest BCUT2D eigenvalue weighted by Crippen LogP contribution is -2.43. The normalized spacial score (nSPS) is 16.7. The van der Waals surface area contributed by atoms with Crippen LogP contribution in [0.2, 0.25) is 5.02 Å². The van der Waals surface area contributed by atoms with Gasteiger partial charge < -0.3 is 15.1 Å². The van der Waals surface area contributed by atoms with Crippen LogP contribution < -0.4 is 10.2 Å². The standard InChI is InChI=1S/C21H24ClN3O2/c1-24(2)19-8-4-3-7-18(19)23-20(26)16-6-5-13-25(14-16)21(27)15-9-11-17(22)12-10-15/h3-4,7-12,16H,5-6,13-14H2,1-2H3,(H,23,26). The van der Waals surface area contributed by atoms with E-state index in [1.807, 2.05) is 43.3 Å². The van der Waals surface area contributed by atoms with Crippen molar-refractivity contribution in [2.75, 3.05) is 37.4 Å². The van der Waals surface area contributed by atoms with Crippen molar-refractivity contribution in [3.63, 3.8) is 0 Å². The topological polar surface area (TPSA) is 52.7 Å². The second-order valence-electron chi connectivity index (χ2n) is 7.00. The van der Waals surface area contributed by atoms with Crippen LogP contribution >= 0.6 is 11.6 Å². The quantitative estimate of drug-likeness (QED) is 0.868. The summed E-state index contributed by atoms with van der Waals surface area (Å²) >= 11 is 5.90. The Labute approximate surface area is 164 Å². The highest BCUT2D eigenvalue weighted by Crippen LogP contribution is 2.26. The number of hydrogen-bond acceptors (Lipinski definition) is 3. The molecule has 1 atom stereocenters. The second-order valence-corrected chi connectivity index (χ2v) is 7.43. The maximum atomic E-state index is 12.8. The number of carbonyl (C=O) groups excluding carboxylic acids is 2. The van der Waals surface area contributed by atoms with Crippen LogP contribution in [0, 0.1) is 5.92 Å². The number of amides is 2. The molecular formula is C21H24ClN3O2. The molecule has 0 radical (unpaired) electrons. The molecule has 1 aliphatic rings. The number of anilines is 2. The van der Waals surface area contributed by atoms with Crippen LogP contribution in [0.4, 0.5) is 11.4 Å². The summed E-state index contributed by atoms with van der Waals surface area (Å²) in [5.74, 6) is -0.319. The lowest BCUT2D eigenvalue weighted by molar-refractivity contribution is -0.121. The SMILES string of the molecule is CN(C)c1ccccc1NC(=O)C1CCCN(C(=O)c2ccc(Cl)cc2)C1. The Morgan fingerprint density at radius 3 is 2.52 bits per heavy atom. The molecule has 5 nitrogen and oxygen atoms in total. The molecule has 6 heteroatoms. The van der Waals surface area contributed by atoms with Crippen LogP contribution in [0.3, 0.4) is 0 Å². The Kier molecular flexibility index (Phi) is 6.01. The van der Waals surface area contributed by atoms with Crippen LogP contribution in [-0.2, 0) is 4.79 Å². The minimum atomic E-state index is -0.217. The summed E-state index contributed by atoms with van der Waals surface area (Å²) in [6.07, 6.45) is 1.59. The van der Waals surface area contributed by atoms with E-state index in [0.29, 0.717) is 23.7 Å². The van der Waals surface area contributed by atoms with Gasteiger partial charge in [-0.1, -0.05) is 23.7 Å². The van der Waals surface area contributed by atoms with Gasteiger partial charge in [-0.25, -0.2) is 0 Å². The first-order valence-electron chi connectivity index (χ1n) is 9.08. The molecule has 1 N–H and O–H groups in total. The van der Waals surface area contributed by atoms with Crippen LogP contribution in [0.1, 0.15) is 23.2 Å². The Bertz CT molecular complexity index is 820. The largest absolute Gasteiger partial charge is 0.376 e. The van der Waals surface area contributed by atoms with Crippen molar-refractivity contribution in [1.82, 2.24) is 4.90 Å². The zero-order chi connectivity index (χ0) is 19.4. The number of nitrogens with one attached hydrogen (secondary N) is 1. The first-order valence-corrected chi connectivity index (χ1v) is 9.45. The van der Waals surface area contributed by atoms with Crippen molar-refractivity contribution in [2.45, 2.75) is 12.8 Å². The van der Waals surface area contributed by atoms with E-state index >= 15 is 0 Å². The predicted octanol–water partition coefficient (Wildman–Crippen LogP) is 3.90. The molecule has 0 aromatic heterocycles. The summed E-state index contributed by atoms with van der Waals surface area (Å²) in [7, 11) is 3.89. The number of benzene rings is 2. The van der Waals surface area contributed by atoms with Crippen LogP contribution in [0.15, 0.2) is 48.5 Å². The molecule has 2 aromatic rings. The molecule has 0 bridgehead atoms. The average Bonchev–Trinajstić information content (AvgIpc) is 2.68. The number of piperidine rings is 1. The molecule has 3 rings (SSSR count). The maximum absolute atomic E-state index is 12.8. The summed E-state index contributed by atoms with van der Waals surface area (Å²) in [4.78, 5) is 29.3. The minimum Gasteiger partial charge on any atom is -0.376 e. The van der Waals surface area contributed by atoms with Crippen molar-refractivity contribution in [3.8, 4) is 0 Å². The maximum Gasteiger partial charge on any atom is 0.253 e. The van der Waals surface area contributed by atoms with Gasteiger partial charge in [0.1, 0.15) is 0 Å². The van der Waals surface area contributed by atoms with E-state index in [1.54, 1.807) is 29.2 Å². The summed E-state index contributed by atoms with van der Waals surface area (Å²) in [6.45, 7) is 1.09. The third-order valence-corrected chi connectivity index (χ3v) is 5.07. The van der Waals surface area contributed by atoms with Gasteiger partial charge >= 0.3 is 0 Å². The smallest absolute Gasteiger partial charge is 0.253 e. The molecule has 2 aromatic carbocycles. The fraction of sp³-hybridized carbons (Fsp3) is 0.333. The van der Waals surface area contributed by atoms with Crippen molar-refractivity contribution in [3.05, 3.63) is 59.1 Å². The first-order chi connectivity index (χ1) is 13.0. The van der Waals surface area contributed by atoms with E-state index < -0.39 is 0 Å². The van der Waals surface area contributed by atoms with E-state index in [4.69, 9.17) is 11.6 Å². The van der Waals surface area contributed by atoms with Crippen molar-refractivity contribution in [1.29, 1.82) is 0 Å². The third kappa shape index (κ3) is 4.61. The molecule has 27 heavy (non-hydrogen) atoms. The van der Waals surface area contributed by atoms with Crippen molar-refractivity contribution >= 4 is 34.8 Å². The van der Waals surface area contributed by atoms with Gasteiger partial charge in [0.2, 0.25) is 5.91 Å². The van der Waals surface area contributed by atoms with Gasteiger partial charge in [-0.2, -0.15) is 0 Å². The molecule has 1 saturated heterocycles. The number of likely N-dealkylation sites (tertiary alicyclic amines) is 1. The van der Waals surface area contributed by atoms with Crippen molar-refractivity contribution in [2.24, 2.45) is 5.92 Å². The minimum absolute atomic E-state index is 0.0436. The number of rotatable bonds is 4. The lowest BCUT2D eigenvalue weighted by Gasteiger charge is -2.32. The Hall–Kier alpha value is -2.53. The number of para-hydroxylation sites is 2. The highest BCUT2D eigenvalue weighted by atomic mass is 35.5.